The fourth-order valence-corrected chi connectivity index (χ4v) is 4.19. The second kappa shape index (κ2) is 8.52. The van der Waals surface area contributed by atoms with Gasteiger partial charge in [0.05, 0.1) is 29.8 Å². The predicted octanol–water partition coefficient (Wildman–Crippen LogP) is 5.33. The van der Waals surface area contributed by atoms with Crippen LogP contribution in [-0.2, 0) is 13.1 Å². The third-order valence-corrected chi connectivity index (χ3v) is 6.32. The molecule has 0 bridgehead atoms. The lowest BCUT2D eigenvalue weighted by atomic mass is 9.85. The molecule has 0 aliphatic heterocycles. The van der Waals surface area contributed by atoms with Gasteiger partial charge in [-0.25, -0.2) is 4.98 Å². The lowest BCUT2D eigenvalue weighted by Gasteiger charge is -2.26. The van der Waals surface area contributed by atoms with Gasteiger partial charge in [0.1, 0.15) is 5.82 Å². The molecule has 1 amide bonds. The number of fused-ring (bicyclic) bond motifs is 1. The first-order chi connectivity index (χ1) is 15.2. The smallest absolute Gasteiger partial charge is 0.251 e. The summed E-state index contributed by atoms with van der Waals surface area (Å²) in [4.78, 5) is 22.0. The molecule has 1 N–H and O–H groups in total. The van der Waals surface area contributed by atoms with Gasteiger partial charge in [-0.2, -0.15) is 0 Å². The number of rotatable bonds is 6. The summed E-state index contributed by atoms with van der Waals surface area (Å²) in [5, 5.41) is 3.70. The highest BCUT2D eigenvalue weighted by Gasteiger charge is 2.26. The van der Waals surface area contributed by atoms with E-state index in [0.717, 1.165) is 46.0 Å². The Balaban J connectivity index is 1.48. The molecule has 0 saturated heterocycles. The fraction of sp³-hybridized carbons (Fsp3) is 0.240. The molecule has 2 aromatic carbocycles. The van der Waals surface area contributed by atoms with E-state index in [1.54, 1.807) is 6.20 Å². The van der Waals surface area contributed by atoms with Gasteiger partial charge >= 0.3 is 0 Å². The Kier molecular flexibility index (Phi) is 5.43. The van der Waals surface area contributed by atoms with E-state index in [0.29, 0.717) is 24.6 Å². The summed E-state index contributed by atoms with van der Waals surface area (Å²) in [6.07, 6.45) is 5.27. The normalized spacial score (nSPS) is 13.8. The number of aromatic nitrogens is 3. The van der Waals surface area contributed by atoms with Gasteiger partial charge in [0, 0.05) is 22.7 Å². The lowest BCUT2D eigenvalue weighted by Crippen LogP contribution is -2.23. The van der Waals surface area contributed by atoms with Crippen LogP contribution in [0.2, 0.25) is 5.02 Å². The van der Waals surface area contributed by atoms with Crippen molar-refractivity contribution in [3.8, 4) is 0 Å². The van der Waals surface area contributed by atoms with Crippen LogP contribution < -0.4 is 5.32 Å². The molecule has 0 atom stereocenters. The van der Waals surface area contributed by atoms with Crippen molar-refractivity contribution in [3.05, 3.63) is 94.5 Å². The van der Waals surface area contributed by atoms with E-state index in [-0.39, 0.29) is 5.91 Å². The van der Waals surface area contributed by atoms with Gasteiger partial charge in [0.25, 0.3) is 5.91 Å². The molecular formula is C25H23ClN4O. The molecule has 5 rings (SSSR count). The van der Waals surface area contributed by atoms with Gasteiger partial charge < -0.3 is 9.88 Å². The van der Waals surface area contributed by atoms with Crippen LogP contribution in [0.15, 0.2) is 66.9 Å². The highest BCUT2D eigenvalue weighted by atomic mass is 35.5. The predicted molar refractivity (Wildman–Crippen MR) is 122 cm³/mol. The van der Waals surface area contributed by atoms with Crippen LogP contribution in [0.3, 0.4) is 0 Å². The first kappa shape index (κ1) is 19.8. The van der Waals surface area contributed by atoms with Gasteiger partial charge in [-0.1, -0.05) is 42.3 Å². The monoisotopic (exact) mass is 430 g/mol. The maximum absolute atomic E-state index is 12.8. The highest BCUT2D eigenvalue weighted by molar-refractivity contribution is 6.31. The van der Waals surface area contributed by atoms with Crippen LogP contribution in [0, 0.1) is 0 Å². The van der Waals surface area contributed by atoms with Crippen molar-refractivity contribution in [1.82, 2.24) is 19.9 Å². The number of hydrogen-bond acceptors (Lipinski definition) is 3. The van der Waals surface area contributed by atoms with Crippen molar-refractivity contribution >= 4 is 28.5 Å². The first-order valence-electron chi connectivity index (χ1n) is 10.6. The maximum atomic E-state index is 12.8. The van der Waals surface area contributed by atoms with Crippen molar-refractivity contribution in [1.29, 1.82) is 0 Å². The number of hydrogen-bond donors (Lipinski definition) is 1. The minimum Gasteiger partial charge on any atom is -0.346 e. The Bertz CT molecular complexity index is 1230. The van der Waals surface area contributed by atoms with E-state index in [2.05, 4.69) is 14.9 Å². The Morgan fingerprint density at radius 2 is 1.94 bits per heavy atom. The molecule has 0 spiro atoms. The largest absolute Gasteiger partial charge is 0.346 e. The molecule has 1 aliphatic carbocycles. The summed E-state index contributed by atoms with van der Waals surface area (Å²) >= 11 is 6.45. The van der Waals surface area contributed by atoms with E-state index in [1.807, 2.05) is 60.7 Å². The third kappa shape index (κ3) is 4.06. The minimum absolute atomic E-state index is 0.122. The van der Waals surface area contributed by atoms with Gasteiger partial charge in [-0.05, 0) is 54.8 Å². The SMILES string of the molecule is O=C(NCc1ccccn1)c1ccc2nc(C3CCC3)n(Cc3ccccc3Cl)c2c1. The summed E-state index contributed by atoms with van der Waals surface area (Å²) in [6, 6.07) is 19.3. The number of nitrogens with one attached hydrogen (secondary N) is 1. The van der Waals surface area contributed by atoms with Crippen LogP contribution in [0.25, 0.3) is 11.0 Å². The van der Waals surface area contributed by atoms with E-state index in [4.69, 9.17) is 16.6 Å². The maximum Gasteiger partial charge on any atom is 0.251 e. The molecule has 1 saturated carbocycles. The molecule has 4 aromatic rings. The summed E-state index contributed by atoms with van der Waals surface area (Å²) in [5.41, 5.74) is 4.37. The molecule has 0 unspecified atom stereocenters. The molecule has 0 radical (unpaired) electrons. The molecule has 5 nitrogen and oxygen atoms in total. The van der Waals surface area contributed by atoms with Crippen LogP contribution in [0.5, 0.6) is 0 Å². The standard InChI is InChI=1S/C25H23ClN4O/c26-21-10-2-1-6-19(21)16-30-23-14-18(25(31)28-15-20-9-3-4-13-27-20)11-12-22(23)29-24(30)17-7-5-8-17/h1-4,6,9-14,17H,5,7-8,15-16H2,(H,28,31). The van der Waals surface area contributed by atoms with Gasteiger partial charge in [-0.3, -0.25) is 9.78 Å². The van der Waals surface area contributed by atoms with E-state index in [1.165, 1.54) is 6.42 Å². The number of benzene rings is 2. The van der Waals surface area contributed by atoms with Gasteiger partial charge in [0.15, 0.2) is 0 Å². The molecule has 2 heterocycles. The van der Waals surface area contributed by atoms with Crippen molar-refractivity contribution in [2.24, 2.45) is 0 Å². The zero-order valence-corrected chi connectivity index (χ0v) is 17.8. The number of carbonyl (C=O) groups is 1. The fourth-order valence-electron chi connectivity index (χ4n) is 4.00. The van der Waals surface area contributed by atoms with Gasteiger partial charge in [0.2, 0.25) is 0 Å². The van der Waals surface area contributed by atoms with Crippen molar-refractivity contribution in [2.45, 2.75) is 38.3 Å². The number of imidazole rings is 1. The van der Waals surface area contributed by atoms with Crippen molar-refractivity contribution < 1.29 is 4.79 Å². The molecule has 2 aromatic heterocycles. The number of nitrogens with zero attached hydrogens (tertiary/aromatic N) is 3. The molecule has 1 fully saturated rings. The first-order valence-corrected chi connectivity index (χ1v) is 11.0. The summed E-state index contributed by atoms with van der Waals surface area (Å²) in [5.74, 6) is 1.44. The van der Waals surface area contributed by atoms with Crippen molar-refractivity contribution in [2.75, 3.05) is 0 Å². The van der Waals surface area contributed by atoms with Crippen LogP contribution in [-0.4, -0.2) is 20.4 Å². The lowest BCUT2D eigenvalue weighted by molar-refractivity contribution is 0.0950. The topological polar surface area (TPSA) is 59.8 Å². The Morgan fingerprint density at radius 1 is 1.10 bits per heavy atom. The summed E-state index contributed by atoms with van der Waals surface area (Å²) < 4.78 is 2.23. The van der Waals surface area contributed by atoms with Crippen LogP contribution in [0.4, 0.5) is 0 Å². The van der Waals surface area contributed by atoms with E-state index in [9.17, 15) is 4.79 Å². The molecule has 6 heteroatoms. The molecule has 31 heavy (non-hydrogen) atoms. The second-order valence-corrected chi connectivity index (χ2v) is 8.39. The summed E-state index contributed by atoms with van der Waals surface area (Å²) in [7, 11) is 0. The Labute approximate surface area is 186 Å². The number of carbonyl (C=O) groups excluding carboxylic acids is 1. The quantitative estimate of drug-likeness (QED) is 0.449. The third-order valence-electron chi connectivity index (χ3n) is 5.95. The zero-order chi connectivity index (χ0) is 21.2. The van der Waals surface area contributed by atoms with Crippen molar-refractivity contribution in [3.63, 3.8) is 0 Å². The molecule has 1 aliphatic rings. The van der Waals surface area contributed by atoms with Crippen LogP contribution in [0.1, 0.15) is 52.6 Å². The average Bonchev–Trinajstić information content (AvgIpc) is 3.10. The van der Waals surface area contributed by atoms with Gasteiger partial charge in [-0.15, -0.1) is 0 Å². The Hall–Kier alpha value is -3.18. The molecular weight excluding hydrogens is 408 g/mol. The average molecular weight is 431 g/mol. The summed E-state index contributed by atoms with van der Waals surface area (Å²) in [6.45, 7) is 1.03. The Morgan fingerprint density at radius 3 is 2.68 bits per heavy atom. The molecule has 156 valence electrons. The highest BCUT2D eigenvalue weighted by Crippen LogP contribution is 2.38. The minimum atomic E-state index is -0.122. The number of halogens is 1. The zero-order valence-electron chi connectivity index (χ0n) is 17.1. The second-order valence-electron chi connectivity index (χ2n) is 7.98. The number of pyridine rings is 1. The van der Waals surface area contributed by atoms with Crippen LogP contribution >= 0.6 is 11.6 Å². The number of amides is 1. The van der Waals surface area contributed by atoms with E-state index < -0.39 is 0 Å². The van der Waals surface area contributed by atoms with E-state index >= 15 is 0 Å².